The van der Waals surface area contributed by atoms with E-state index >= 15 is 0 Å². The smallest absolute Gasteiger partial charge is 0.125 e. The Labute approximate surface area is 119 Å². The van der Waals surface area contributed by atoms with E-state index < -0.39 is 6.10 Å². The minimum Gasteiger partial charge on any atom is -0.491 e. The van der Waals surface area contributed by atoms with E-state index in [1.807, 2.05) is 38.1 Å². The van der Waals surface area contributed by atoms with Gasteiger partial charge in [0.1, 0.15) is 11.9 Å². The maximum Gasteiger partial charge on any atom is 0.125 e. The lowest BCUT2D eigenvalue weighted by molar-refractivity contribution is 0.198. The number of aliphatic hydroxyl groups excluding tert-OH is 1. The highest BCUT2D eigenvalue weighted by atomic mass is 16.5. The van der Waals surface area contributed by atoms with E-state index in [0.717, 1.165) is 11.1 Å². The third-order valence-corrected chi connectivity index (χ3v) is 2.93. The highest BCUT2D eigenvalue weighted by Crippen LogP contribution is 2.30. The summed E-state index contributed by atoms with van der Waals surface area (Å²) in [6.07, 6.45) is -0.720. The van der Waals surface area contributed by atoms with Crippen LogP contribution in [0.3, 0.4) is 0 Å². The first-order valence-corrected chi connectivity index (χ1v) is 6.55. The molecular weight excluding hydrogens is 250 g/mol. The largest absolute Gasteiger partial charge is 0.491 e. The molecule has 1 atom stereocenters. The zero-order chi connectivity index (χ0) is 14.5. The minimum absolute atomic E-state index is 0.0457. The van der Waals surface area contributed by atoms with E-state index in [0.29, 0.717) is 11.3 Å². The van der Waals surface area contributed by atoms with Crippen LogP contribution in [0.1, 0.15) is 36.6 Å². The van der Waals surface area contributed by atoms with Crippen molar-refractivity contribution in [3.05, 3.63) is 65.2 Å². The normalized spacial score (nSPS) is 11.9. The Morgan fingerprint density at radius 1 is 1.05 bits per heavy atom. The van der Waals surface area contributed by atoms with Crippen LogP contribution < -0.4 is 4.74 Å². The van der Waals surface area contributed by atoms with Gasteiger partial charge in [0.2, 0.25) is 0 Å². The Morgan fingerprint density at radius 2 is 1.70 bits per heavy atom. The van der Waals surface area contributed by atoms with Gasteiger partial charge in [-0.15, -0.1) is 0 Å². The minimum atomic E-state index is -0.766. The lowest BCUT2D eigenvalue weighted by Crippen LogP contribution is -2.09. The number of hydrogen-bond acceptors (Lipinski definition) is 3. The molecular formula is C17H17NO2. The van der Waals surface area contributed by atoms with E-state index in [9.17, 15) is 5.11 Å². The standard InChI is InChI=1S/C17H17NO2/c1-12(2)20-16-6-4-3-5-15(16)17(19)14-9-7-13(11-18)8-10-14/h3-10,12,17,19H,1-2H3. The molecule has 3 heteroatoms. The lowest BCUT2D eigenvalue weighted by Gasteiger charge is -2.18. The predicted molar refractivity (Wildman–Crippen MR) is 77.4 cm³/mol. The zero-order valence-corrected chi connectivity index (χ0v) is 11.6. The van der Waals surface area contributed by atoms with Gasteiger partial charge in [-0.1, -0.05) is 30.3 Å². The molecule has 0 fully saturated rings. The molecule has 2 rings (SSSR count). The molecule has 0 aliphatic carbocycles. The van der Waals surface area contributed by atoms with Crippen molar-refractivity contribution in [2.24, 2.45) is 0 Å². The fourth-order valence-corrected chi connectivity index (χ4v) is 1.99. The van der Waals surface area contributed by atoms with Crippen molar-refractivity contribution in [2.45, 2.75) is 26.1 Å². The van der Waals surface area contributed by atoms with Crippen molar-refractivity contribution in [3.63, 3.8) is 0 Å². The van der Waals surface area contributed by atoms with Crippen LogP contribution in [0.15, 0.2) is 48.5 Å². The molecule has 20 heavy (non-hydrogen) atoms. The van der Waals surface area contributed by atoms with Crippen LogP contribution in [0.5, 0.6) is 5.75 Å². The van der Waals surface area contributed by atoms with Gasteiger partial charge in [-0.05, 0) is 37.6 Å². The number of rotatable bonds is 4. The highest BCUT2D eigenvalue weighted by Gasteiger charge is 2.15. The molecule has 0 spiro atoms. The average molecular weight is 267 g/mol. The van der Waals surface area contributed by atoms with Crippen LogP contribution in [0.4, 0.5) is 0 Å². The number of para-hydroxylation sites is 1. The summed E-state index contributed by atoms with van der Waals surface area (Å²) < 4.78 is 5.72. The van der Waals surface area contributed by atoms with Crippen molar-refractivity contribution in [1.82, 2.24) is 0 Å². The van der Waals surface area contributed by atoms with Gasteiger partial charge in [0.25, 0.3) is 0 Å². The maximum absolute atomic E-state index is 10.5. The highest BCUT2D eigenvalue weighted by molar-refractivity contribution is 5.42. The maximum atomic E-state index is 10.5. The van der Waals surface area contributed by atoms with Gasteiger partial charge in [0, 0.05) is 5.56 Å². The van der Waals surface area contributed by atoms with E-state index in [2.05, 4.69) is 6.07 Å². The molecule has 0 amide bonds. The van der Waals surface area contributed by atoms with Gasteiger partial charge in [0.05, 0.1) is 17.7 Å². The van der Waals surface area contributed by atoms with Gasteiger partial charge < -0.3 is 9.84 Å². The SMILES string of the molecule is CC(C)Oc1ccccc1C(O)c1ccc(C#N)cc1. The van der Waals surface area contributed by atoms with E-state index in [-0.39, 0.29) is 6.10 Å². The van der Waals surface area contributed by atoms with Crippen LogP contribution in [0.25, 0.3) is 0 Å². The van der Waals surface area contributed by atoms with Gasteiger partial charge >= 0.3 is 0 Å². The molecule has 102 valence electrons. The van der Waals surface area contributed by atoms with Gasteiger partial charge in [-0.3, -0.25) is 0 Å². The first-order chi connectivity index (χ1) is 9.61. The molecule has 0 radical (unpaired) electrons. The fourth-order valence-electron chi connectivity index (χ4n) is 1.99. The van der Waals surface area contributed by atoms with Crippen molar-refractivity contribution in [1.29, 1.82) is 5.26 Å². The second kappa shape index (κ2) is 6.23. The molecule has 1 unspecified atom stereocenters. The topological polar surface area (TPSA) is 53.2 Å². The number of nitriles is 1. The zero-order valence-electron chi connectivity index (χ0n) is 11.6. The summed E-state index contributed by atoms with van der Waals surface area (Å²) in [6.45, 7) is 3.90. The molecule has 2 aromatic rings. The quantitative estimate of drug-likeness (QED) is 0.923. The summed E-state index contributed by atoms with van der Waals surface area (Å²) in [7, 11) is 0. The summed E-state index contributed by atoms with van der Waals surface area (Å²) >= 11 is 0. The molecule has 0 aliphatic heterocycles. The molecule has 0 aliphatic rings. The first-order valence-electron chi connectivity index (χ1n) is 6.55. The second-order valence-corrected chi connectivity index (χ2v) is 4.84. The summed E-state index contributed by atoms with van der Waals surface area (Å²) in [4.78, 5) is 0. The molecule has 1 N–H and O–H groups in total. The number of ether oxygens (including phenoxy) is 1. The number of nitrogens with zero attached hydrogens (tertiary/aromatic N) is 1. The molecule has 3 nitrogen and oxygen atoms in total. The van der Waals surface area contributed by atoms with E-state index in [4.69, 9.17) is 10.00 Å². The Balaban J connectivity index is 2.32. The van der Waals surface area contributed by atoms with Crippen molar-refractivity contribution in [2.75, 3.05) is 0 Å². The lowest BCUT2D eigenvalue weighted by atomic mass is 9.99. The van der Waals surface area contributed by atoms with E-state index in [1.54, 1.807) is 24.3 Å². The summed E-state index contributed by atoms with van der Waals surface area (Å²) in [5.41, 5.74) is 2.04. The van der Waals surface area contributed by atoms with Gasteiger partial charge in [0.15, 0.2) is 0 Å². The van der Waals surface area contributed by atoms with Crippen molar-refractivity contribution >= 4 is 0 Å². The van der Waals surface area contributed by atoms with Gasteiger partial charge in [-0.2, -0.15) is 5.26 Å². The molecule has 0 aromatic heterocycles. The van der Waals surface area contributed by atoms with E-state index in [1.165, 1.54) is 0 Å². The van der Waals surface area contributed by atoms with Crippen LogP contribution >= 0.6 is 0 Å². The van der Waals surface area contributed by atoms with Crippen LogP contribution in [-0.2, 0) is 0 Å². The third-order valence-electron chi connectivity index (χ3n) is 2.93. The number of hydrogen-bond donors (Lipinski definition) is 1. The third kappa shape index (κ3) is 3.17. The second-order valence-electron chi connectivity index (χ2n) is 4.84. The molecule has 0 saturated heterocycles. The van der Waals surface area contributed by atoms with Crippen LogP contribution in [0, 0.1) is 11.3 Å². The number of benzene rings is 2. The Kier molecular flexibility index (Phi) is 4.39. The Hall–Kier alpha value is -2.31. The molecule has 2 aromatic carbocycles. The molecule has 0 heterocycles. The molecule has 0 bridgehead atoms. The Bertz CT molecular complexity index is 612. The van der Waals surface area contributed by atoms with Crippen molar-refractivity contribution < 1.29 is 9.84 Å². The number of aliphatic hydroxyl groups is 1. The van der Waals surface area contributed by atoms with Gasteiger partial charge in [-0.25, -0.2) is 0 Å². The van der Waals surface area contributed by atoms with Crippen LogP contribution in [0.2, 0.25) is 0 Å². The molecule has 0 saturated carbocycles. The van der Waals surface area contributed by atoms with Crippen molar-refractivity contribution in [3.8, 4) is 11.8 Å². The van der Waals surface area contributed by atoms with Crippen LogP contribution in [-0.4, -0.2) is 11.2 Å². The summed E-state index contributed by atoms with van der Waals surface area (Å²) in [6, 6.07) is 16.4. The Morgan fingerprint density at radius 3 is 2.30 bits per heavy atom. The summed E-state index contributed by atoms with van der Waals surface area (Å²) in [5, 5.41) is 19.3. The monoisotopic (exact) mass is 267 g/mol. The fraction of sp³-hybridized carbons (Fsp3) is 0.235. The average Bonchev–Trinajstić information content (AvgIpc) is 2.46. The first kappa shape index (κ1) is 14.1. The predicted octanol–water partition coefficient (Wildman–Crippen LogP) is 3.43. The summed E-state index contributed by atoms with van der Waals surface area (Å²) in [5.74, 6) is 0.680.